The SMILES string of the molecule is N#CCc1nc(Cc2ccccc2)n(CC(=O)NCCCCCB(O)O)n1. The summed E-state index contributed by atoms with van der Waals surface area (Å²) in [5.74, 6) is 0.900. The van der Waals surface area contributed by atoms with E-state index in [1.54, 1.807) is 4.68 Å². The Morgan fingerprint density at radius 3 is 2.70 bits per heavy atom. The molecule has 0 aliphatic heterocycles. The van der Waals surface area contributed by atoms with Crippen LogP contribution in [-0.4, -0.2) is 44.4 Å². The summed E-state index contributed by atoms with van der Waals surface area (Å²) in [6.07, 6.45) is 3.27. The Balaban J connectivity index is 1.88. The van der Waals surface area contributed by atoms with Crippen molar-refractivity contribution in [1.29, 1.82) is 5.26 Å². The largest absolute Gasteiger partial charge is 0.451 e. The van der Waals surface area contributed by atoms with Gasteiger partial charge in [0.05, 0.1) is 12.5 Å². The lowest BCUT2D eigenvalue weighted by molar-refractivity contribution is -0.121. The first-order chi connectivity index (χ1) is 13.1. The van der Waals surface area contributed by atoms with E-state index in [9.17, 15) is 4.79 Å². The highest BCUT2D eigenvalue weighted by Gasteiger charge is 2.13. The zero-order valence-electron chi connectivity index (χ0n) is 15.2. The normalized spacial score (nSPS) is 10.4. The Morgan fingerprint density at radius 2 is 2.00 bits per heavy atom. The lowest BCUT2D eigenvalue weighted by Crippen LogP contribution is -2.29. The maximum Gasteiger partial charge on any atom is 0.451 e. The molecule has 0 atom stereocenters. The fourth-order valence-electron chi connectivity index (χ4n) is 2.66. The third-order valence-corrected chi connectivity index (χ3v) is 3.99. The van der Waals surface area contributed by atoms with Crippen molar-refractivity contribution in [3.8, 4) is 6.07 Å². The second-order valence-corrected chi connectivity index (χ2v) is 6.28. The summed E-state index contributed by atoms with van der Waals surface area (Å²) in [6, 6.07) is 11.8. The van der Waals surface area contributed by atoms with Gasteiger partial charge in [0.1, 0.15) is 12.4 Å². The minimum atomic E-state index is -1.27. The Hall–Kier alpha value is -2.70. The Bertz CT molecular complexity index is 758. The lowest BCUT2D eigenvalue weighted by Gasteiger charge is -2.08. The number of rotatable bonds is 11. The van der Waals surface area contributed by atoms with Gasteiger partial charge in [-0.1, -0.05) is 43.2 Å². The van der Waals surface area contributed by atoms with Crippen molar-refractivity contribution < 1.29 is 14.8 Å². The number of amides is 1. The molecule has 0 spiro atoms. The quantitative estimate of drug-likeness (QED) is 0.396. The molecule has 27 heavy (non-hydrogen) atoms. The van der Waals surface area contributed by atoms with Crippen LogP contribution < -0.4 is 5.32 Å². The molecule has 142 valence electrons. The van der Waals surface area contributed by atoms with E-state index in [-0.39, 0.29) is 18.9 Å². The van der Waals surface area contributed by atoms with Crippen LogP contribution in [0.4, 0.5) is 0 Å². The molecule has 8 nitrogen and oxygen atoms in total. The zero-order valence-corrected chi connectivity index (χ0v) is 15.2. The van der Waals surface area contributed by atoms with Gasteiger partial charge in [-0.2, -0.15) is 10.4 Å². The highest BCUT2D eigenvalue weighted by Crippen LogP contribution is 2.09. The van der Waals surface area contributed by atoms with Crippen LogP contribution >= 0.6 is 0 Å². The minimum absolute atomic E-state index is 0.0515. The van der Waals surface area contributed by atoms with E-state index in [2.05, 4.69) is 15.4 Å². The molecule has 2 rings (SSSR count). The van der Waals surface area contributed by atoms with Crippen molar-refractivity contribution in [1.82, 2.24) is 20.1 Å². The topological polar surface area (TPSA) is 124 Å². The molecule has 3 N–H and O–H groups in total. The van der Waals surface area contributed by atoms with E-state index in [4.69, 9.17) is 15.3 Å². The zero-order chi connectivity index (χ0) is 19.5. The summed E-state index contributed by atoms with van der Waals surface area (Å²) in [6.45, 7) is 0.573. The van der Waals surface area contributed by atoms with Gasteiger partial charge in [-0.05, 0) is 18.3 Å². The maximum absolute atomic E-state index is 12.2. The lowest BCUT2D eigenvalue weighted by atomic mass is 9.83. The van der Waals surface area contributed by atoms with Crippen LogP contribution in [0.1, 0.15) is 36.5 Å². The summed E-state index contributed by atoms with van der Waals surface area (Å²) in [5, 5.41) is 33.5. The van der Waals surface area contributed by atoms with Crippen LogP contribution in [0, 0.1) is 11.3 Å². The summed E-state index contributed by atoms with van der Waals surface area (Å²) in [7, 11) is -1.27. The van der Waals surface area contributed by atoms with Crippen molar-refractivity contribution in [2.45, 2.75) is 45.0 Å². The van der Waals surface area contributed by atoms with E-state index < -0.39 is 7.12 Å². The van der Waals surface area contributed by atoms with Gasteiger partial charge in [-0.15, -0.1) is 0 Å². The van der Waals surface area contributed by atoms with Gasteiger partial charge in [0.15, 0.2) is 5.82 Å². The predicted molar refractivity (Wildman–Crippen MR) is 100 cm³/mol. The van der Waals surface area contributed by atoms with Crippen molar-refractivity contribution >= 4 is 13.0 Å². The monoisotopic (exact) mass is 369 g/mol. The molecular formula is C18H24BN5O3. The van der Waals surface area contributed by atoms with Crippen molar-refractivity contribution in [2.75, 3.05) is 6.54 Å². The van der Waals surface area contributed by atoms with Crippen LogP contribution in [0.5, 0.6) is 0 Å². The number of hydrogen-bond donors (Lipinski definition) is 3. The standard InChI is InChI=1S/C18H24BN5O3/c20-11-9-16-22-17(13-15-7-3-1-4-8-15)24(23-16)14-18(25)21-12-6-2-5-10-19(26)27/h1,3-4,7-8,26-27H,2,5-6,9-10,12-14H2,(H,21,25). The molecule has 1 amide bonds. The summed E-state index contributed by atoms with van der Waals surface area (Å²) < 4.78 is 1.55. The molecule has 0 saturated heterocycles. The molecule has 0 fully saturated rings. The van der Waals surface area contributed by atoms with Gasteiger partial charge >= 0.3 is 7.12 Å². The van der Waals surface area contributed by atoms with Crippen molar-refractivity contribution in [3.63, 3.8) is 0 Å². The smallest absolute Gasteiger partial charge is 0.427 e. The molecule has 1 aromatic carbocycles. The number of nitriles is 1. The van der Waals surface area contributed by atoms with Gasteiger partial charge in [-0.25, -0.2) is 9.67 Å². The molecule has 0 radical (unpaired) electrons. The average Bonchev–Trinajstić information content (AvgIpc) is 3.00. The van der Waals surface area contributed by atoms with Crippen LogP contribution in [-0.2, 0) is 24.2 Å². The number of hydrogen-bond acceptors (Lipinski definition) is 6. The average molecular weight is 369 g/mol. The summed E-state index contributed by atoms with van der Waals surface area (Å²) >= 11 is 0. The molecule has 2 aromatic rings. The van der Waals surface area contributed by atoms with Crippen LogP contribution in [0.3, 0.4) is 0 Å². The minimum Gasteiger partial charge on any atom is -0.427 e. The molecule has 0 bridgehead atoms. The summed E-state index contributed by atoms with van der Waals surface area (Å²) in [5.41, 5.74) is 1.06. The van der Waals surface area contributed by atoms with Gasteiger partial charge in [0.2, 0.25) is 5.91 Å². The van der Waals surface area contributed by atoms with Crippen LogP contribution in [0.2, 0.25) is 6.32 Å². The second-order valence-electron chi connectivity index (χ2n) is 6.28. The second kappa shape index (κ2) is 11.1. The fraction of sp³-hybridized carbons (Fsp3) is 0.444. The fourth-order valence-corrected chi connectivity index (χ4v) is 2.66. The number of aromatic nitrogens is 3. The molecular weight excluding hydrogens is 345 g/mol. The van der Waals surface area contributed by atoms with Gasteiger partial charge in [0.25, 0.3) is 0 Å². The first-order valence-corrected chi connectivity index (χ1v) is 9.05. The molecule has 1 aromatic heterocycles. The van der Waals surface area contributed by atoms with Gasteiger partial charge < -0.3 is 15.4 Å². The molecule has 0 saturated carbocycles. The number of carbonyl (C=O) groups excluding carboxylic acids is 1. The van der Waals surface area contributed by atoms with E-state index in [1.165, 1.54) is 0 Å². The highest BCUT2D eigenvalue weighted by molar-refractivity contribution is 6.40. The third-order valence-electron chi connectivity index (χ3n) is 3.99. The summed E-state index contributed by atoms with van der Waals surface area (Å²) in [4.78, 5) is 16.6. The molecule has 0 aliphatic rings. The molecule has 1 heterocycles. The van der Waals surface area contributed by atoms with E-state index in [1.807, 2.05) is 36.4 Å². The van der Waals surface area contributed by atoms with Gasteiger partial charge in [0, 0.05) is 13.0 Å². The number of unbranched alkanes of at least 4 members (excludes halogenated alkanes) is 2. The Morgan fingerprint density at radius 1 is 1.22 bits per heavy atom. The predicted octanol–water partition coefficient (Wildman–Crippen LogP) is 0.694. The Labute approximate surface area is 159 Å². The highest BCUT2D eigenvalue weighted by atomic mass is 16.4. The number of carbonyl (C=O) groups is 1. The number of nitrogens with zero attached hydrogens (tertiary/aromatic N) is 4. The number of benzene rings is 1. The molecule has 0 aliphatic carbocycles. The van der Waals surface area contributed by atoms with E-state index in [0.29, 0.717) is 37.4 Å². The molecule has 9 heteroatoms. The van der Waals surface area contributed by atoms with Crippen LogP contribution in [0.25, 0.3) is 0 Å². The van der Waals surface area contributed by atoms with Crippen molar-refractivity contribution in [2.24, 2.45) is 0 Å². The molecule has 0 unspecified atom stereocenters. The Kier molecular flexibility index (Phi) is 8.48. The first-order valence-electron chi connectivity index (χ1n) is 9.05. The van der Waals surface area contributed by atoms with Gasteiger partial charge in [-0.3, -0.25) is 4.79 Å². The van der Waals surface area contributed by atoms with E-state index in [0.717, 1.165) is 18.4 Å². The van der Waals surface area contributed by atoms with Crippen LogP contribution in [0.15, 0.2) is 30.3 Å². The van der Waals surface area contributed by atoms with E-state index >= 15 is 0 Å². The van der Waals surface area contributed by atoms with Crippen molar-refractivity contribution in [3.05, 3.63) is 47.5 Å². The first kappa shape index (κ1) is 20.6. The maximum atomic E-state index is 12.2. The number of nitrogens with one attached hydrogen (secondary N) is 1. The third kappa shape index (κ3) is 7.60.